The van der Waals surface area contributed by atoms with E-state index >= 15 is 0 Å². The summed E-state index contributed by atoms with van der Waals surface area (Å²) in [6.45, 7) is 6.30. The van der Waals surface area contributed by atoms with Crippen molar-refractivity contribution < 1.29 is 14.3 Å². The van der Waals surface area contributed by atoms with Crippen molar-refractivity contribution in [2.24, 2.45) is 5.41 Å². The van der Waals surface area contributed by atoms with Crippen molar-refractivity contribution in [1.82, 2.24) is 10.6 Å². The van der Waals surface area contributed by atoms with E-state index in [1.165, 1.54) is 0 Å². The van der Waals surface area contributed by atoms with Gasteiger partial charge in [0, 0.05) is 32.2 Å². The SMILES string of the molecule is COCCCNC(=O)CNCC1(C)COC1. The second-order valence-electron chi connectivity index (χ2n) is 4.60. The second kappa shape index (κ2) is 6.83. The normalized spacial score (nSPS) is 17.9. The molecule has 16 heavy (non-hydrogen) atoms. The summed E-state index contributed by atoms with van der Waals surface area (Å²) < 4.78 is 10.0. The Bertz CT molecular complexity index is 217. The fourth-order valence-electron chi connectivity index (χ4n) is 1.54. The number of rotatable bonds is 8. The van der Waals surface area contributed by atoms with Crippen LogP contribution in [-0.4, -0.2) is 52.5 Å². The van der Waals surface area contributed by atoms with Gasteiger partial charge >= 0.3 is 0 Å². The highest BCUT2D eigenvalue weighted by Gasteiger charge is 2.32. The van der Waals surface area contributed by atoms with Crippen LogP contribution >= 0.6 is 0 Å². The van der Waals surface area contributed by atoms with Gasteiger partial charge in [-0.25, -0.2) is 0 Å². The summed E-state index contributed by atoms with van der Waals surface area (Å²) in [6.07, 6.45) is 0.855. The van der Waals surface area contributed by atoms with Crippen molar-refractivity contribution in [1.29, 1.82) is 0 Å². The molecule has 1 amide bonds. The van der Waals surface area contributed by atoms with Crippen LogP contribution < -0.4 is 10.6 Å². The number of ether oxygens (including phenoxy) is 2. The monoisotopic (exact) mass is 230 g/mol. The molecule has 1 fully saturated rings. The van der Waals surface area contributed by atoms with Crippen LogP contribution in [0.2, 0.25) is 0 Å². The maximum absolute atomic E-state index is 11.4. The van der Waals surface area contributed by atoms with Gasteiger partial charge in [-0.15, -0.1) is 0 Å². The molecule has 2 N–H and O–H groups in total. The average Bonchev–Trinajstić information content (AvgIpc) is 2.22. The van der Waals surface area contributed by atoms with Crippen molar-refractivity contribution in [3.05, 3.63) is 0 Å². The van der Waals surface area contributed by atoms with Gasteiger partial charge in [-0.1, -0.05) is 6.92 Å². The van der Waals surface area contributed by atoms with Gasteiger partial charge in [0.15, 0.2) is 0 Å². The topological polar surface area (TPSA) is 59.6 Å². The highest BCUT2D eigenvalue weighted by Crippen LogP contribution is 2.24. The third kappa shape index (κ3) is 4.92. The Kier molecular flexibility index (Phi) is 5.73. The van der Waals surface area contributed by atoms with E-state index in [1.807, 2.05) is 0 Å². The summed E-state index contributed by atoms with van der Waals surface area (Å²) in [5.41, 5.74) is 0.219. The molecule has 1 saturated heterocycles. The lowest BCUT2D eigenvalue weighted by molar-refractivity contribution is -0.121. The van der Waals surface area contributed by atoms with Crippen molar-refractivity contribution in [3.63, 3.8) is 0 Å². The number of hydrogen-bond donors (Lipinski definition) is 2. The van der Waals surface area contributed by atoms with Crippen molar-refractivity contribution in [2.45, 2.75) is 13.3 Å². The van der Waals surface area contributed by atoms with Gasteiger partial charge in [-0.3, -0.25) is 4.79 Å². The molecule has 0 aromatic heterocycles. The fraction of sp³-hybridized carbons (Fsp3) is 0.909. The molecule has 0 aromatic rings. The summed E-state index contributed by atoms with van der Waals surface area (Å²) in [5, 5.41) is 5.97. The van der Waals surface area contributed by atoms with Crippen LogP contribution in [0.1, 0.15) is 13.3 Å². The molecule has 0 aliphatic carbocycles. The van der Waals surface area contributed by atoms with Crippen LogP contribution in [0.4, 0.5) is 0 Å². The molecule has 1 aliphatic rings. The number of nitrogens with one attached hydrogen (secondary N) is 2. The van der Waals surface area contributed by atoms with E-state index in [4.69, 9.17) is 9.47 Å². The first kappa shape index (κ1) is 13.4. The maximum atomic E-state index is 11.4. The lowest BCUT2D eigenvalue weighted by Gasteiger charge is -2.38. The Morgan fingerprint density at radius 3 is 2.81 bits per heavy atom. The molecule has 0 atom stereocenters. The van der Waals surface area contributed by atoms with Crippen LogP contribution in [0.25, 0.3) is 0 Å². The first-order valence-electron chi connectivity index (χ1n) is 5.70. The molecule has 5 nitrogen and oxygen atoms in total. The highest BCUT2D eigenvalue weighted by molar-refractivity contribution is 5.77. The van der Waals surface area contributed by atoms with Gasteiger partial charge in [0.1, 0.15) is 0 Å². The summed E-state index contributed by atoms with van der Waals surface area (Å²) in [7, 11) is 1.66. The standard InChI is InChI=1S/C11H22N2O3/c1-11(8-16-9-11)7-12-6-10(14)13-4-3-5-15-2/h12H,3-9H2,1-2H3,(H,13,14). The Labute approximate surface area is 96.9 Å². The average molecular weight is 230 g/mol. The first-order valence-corrected chi connectivity index (χ1v) is 5.70. The van der Waals surface area contributed by atoms with Gasteiger partial charge < -0.3 is 20.1 Å². The first-order chi connectivity index (χ1) is 7.66. The molecule has 0 saturated carbocycles. The summed E-state index contributed by atoms with van der Waals surface area (Å²) in [5.74, 6) is 0.0416. The summed E-state index contributed by atoms with van der Waals surface area (Å²) in [4.78, 5) is 11.4. The Balaban J connectivity index is 1.93. The van der Waals surface area contributed by atoms with Gasteiger partial charge in [-0.05, 0) is 6.42 Å². The predicted molar refractivity (Wildman–Crippen MR) is 61.3 cm³/mol. The maximum Gasteiger partial charge on any atom is 0.233 e. The van der Waals surface area contributed by atoms with Crippen molar-refractivity contribution in [3.8, 4) is 0 Å². The number of methoxy groups -OCH3 is 1. The molecule has 94 valence electrons. The third-order valence-electron chi connectivity index (χ3n) is 2.59. The predicted octanol–water partition coefficient (Wildman–Crippen LogP) is -0.235. The molecule has 1 rings (SSSR count). The number of hydrogen-bond acceptors (Lipinski definition) is 4. The number of amides is 1. The van der Waals surface area contributed by atoms with Crippen molar-refractivity contribution in [2.75, 3.05) is 46.6 Å². The largest absolute Gasteiger partial charge is 0.385 e. The summed E-state index contributed by atoms with van der Waals surface area (Å²) >= 11 is 0. The van der Waals surface area contributed by atoms with Crippen LogP contribution in [0.15, 0.2) is 0 Å². The lowest BCUT2D eigenvalue weighted by Crippen LogP contribution is -2.49. The van der Waals surface area contributed by atoms with Crippen LogP contribution in [-0.2, 0) is 14.3 Å². The molecule has 0 bridgehead atoms. The molecule has 0 aromatic carbocycles. The Morgan fingerprint density at radius 2 is 2.25 bits per heavy atom. The van der Waals surface area contributed by atoms with E-state index in [0.29, 0.717) is 19.7 Å². The van der Waals surface area contributed by atoms with Crippen LogP contribution in [0, 0.1) is 5.41 Å². The molecule has 0 spiro atoms. The summed E-state index contributed by atoms with van der Waals surface area (Å²) in [6, 6.07) is 0. The Morgan fingerprint density at radius 1 is 1.50 bits per heavy atom. The molecule has 1 heterocycles. The zero-order valence-electron chi connectivity index (χ0n) is 10.2. The van der Waals surface area contributed by atoms with Crippen LogP contribution in [0.5, 0.6) is 0 Å². The smallest absolute Gasteiger partial charge is 0.233 e. The minimum Gasteiger partial charge on any atom is -0.385 e. The van der Waals surface area contributed by atoms with Crippen molar-refractivity contribution >= 4 is 5.91 Å². The highest BCUT2D eigenvalue weighted by atomic mass is 16.5. The third-order valence-corrected chi connectivity index (χ3v) is 2.59. The van der Waals surface area contributed by atoms with E-state index < -0.39 is 0 Å². The molecule has 0 unspecified atom stereocenters. The zero-order chi connectivity index (χ0) is 11.9. The molecular weight excluding hydrogens is 208 g/mol. The van der Waals surface area contributed by atoms with Gasteiger partial charge in [-0.2, -0.15) is 0 Å². The lowest BCUT2D eigenvalue weighted by atomic mass is 9.89. The van der Waals surface area contributed by atoms with E-state index in [1.54, 1.807) is 7.11 Å². The zero-order valence-corrected chi connectivity index (χ0v) is 10.2. The number of carbonyl (C=O) groups excluding carboxylic acids is 1. The van der Waals surface area contributed by atoms with Gasteiger partial charge in [0.2, 0.25) is 5.91 Å². The van der Waals surface area contributed by atoms with E-state index in [-0.39, 0.29) is 11.3 Å². The van der Waals surface area contributed by atoms with Gasteiger partial charge in [0.25, 0.3) is 0 Å². The van der Waals surface area contributed by atoms with Gasteiger partial charge in [0.05, 0.1) is 19.8 Å². The molecule has 0 radical (unpaired) electrons. The quantitative estimate of drug-likeness (QED) is 0.565. The molecule has 5 heteroatoms. The van der Waals surface area contributed by atoms with E-state index in [9.17, 15) is 4.79 Å². The minimum absolute atomic E-state index is 0.0416. The minimum atomic E-state index is 0.0416. The molecular formula is C11H22N2O3. The van der Waals surface area contributed by atoms with E-state index in [2.05, 4.69) is 17.6 Å². The molecule has 1 aliphatic heterocycles. The van der Waals surface area contributed by atoms with Crippen LogP contribution in [0.3, 0.4) is 0 Å². The Hall–Kier alpha value is -0.650. The number of carbonyl (C=O) groups is 1. The fourth-order valence-corrected chi connectivity index (χ4v) is 1.54. The van der Waals surface area contributed by atoms with E-state index in [0.717, 1.165) is 26.2 Å². The second-order valence-corrected chi connectivity index (χ2v) is 4.60.